The second-order valence-electron chi connectivity index (χ2n) is 11.9. The summed E-state index contributed by atoms with van der Waals surface area (Å²) in [5.74, 6) is -1.43. The van der Waals surface area contributed by atoms with Crippen molar-refractivity contribution in [3.05, 3.63) is 35.4 Å². The predicted molar refractivity (Wildman–Crippen MR) is 155 cm³/mol. The van der Waals surface area contributed by atoms with Gasteiger partial charge in [0.1, 0.15) is 11.8 Å². The highest BCUT2D eigenvalue weighted by Crippen LogP contribution is 2.31. The van der Waals surface area contributed by atoms with Crippen LogP contribution < -0.4 is 16.0 Å². The summed E-state index contributed by atoms with van der Waals surface area (Å²) in [6.45, 7) is 5.57. The van der Waals surface area contributed by atoms with Crippen LogP contribution in [0.1, 0.15) is 89.3 Å². The fourth-order valence-electron chi connectivity index (χ4n) is 6.13. The number of nitrogens with zero attached hydrogens (tertiary/aromatic N) is 2. The van der Waals surface area contributed by atoms with Crippen LogP contribution in [-0.4, -0.2) is 66.0 Å². The maximum Gasteiger partial charge on any atom is 0.269 e. The van der Waals surface area contributed by atoms with Gasteiger partial charge in [-0.1, -0.05) is 57.4 Å². The molecule has 40 heavy (non-hydrogen) atoms. The molecule has 1 aliphatic heterocycles. The monoisotopic (exact) mass is 551 g/mol. The van der Waals surface area contributed by atoms with Gasteiger partial charge in [0.25, 0.3) is 11.8 Å². The molecule has 9 heteroatoms. The summed E-state index contributed by atoms with van der Waals surface area (Å²) in [6, 6.07) is 6.42. The molecule has 0 radical (unpaired) electrons. The van der Waals surface area contributed by atoms with Crippen LogP contribution in [0.2, 0.25) is 0 Å². The number of rotatable bonds is 8. The van der Waals surface area contributed by atoms with Gasteiger partial charge in [-0.3, -0.25) is 19.2 Å². The molecule has 1 heterocycles. The van der Waals surface area contributed by atoms with E-state index in [1.807, 2.05) is 26.0 Å². The molecule has 4 rings (SSSR count). The minimum absolute atomic E-state index is 0.112. The molecule has 4 amide bonds. The largest absolute Gasteiger partial charge is 0.351 e. The number of likely N-dealkylation sites (tertiary alicyclic amines) is 1. The number of carbonyl (C=O) groups is 4. The summed E-state index contributed by atoms with van der Waals surface area (Å²) >= 11 is 0. The third-order valence-corrected chi connectivity index (χ3v) is 8.67. The quantitative estimate of drug-likeness (QED) is 0.429. The summed E-state index contributed by atoms with van der Waals surface area (Å²) < 4.78 is 0. The number of nitrogens with one attached hydrogen (secondary N) is 3. The first kappa shape index (κ1) is 29.9. The van der Waals surface area contributed by atoms with Crippen molar-refractivity contribution in [2.45, 2.75) is 103 Å². The molecule has 218 valence electrons. The number of hydrogen-bond donors (Lipinski definition) is 3. The van der Waals surface area contributed by atoms with Crippen molar-refractivity contribution < 1.29 is 19.2 Å². The van der Waals surface area contributed by atoms with E-state index in [1.54, 1.807) is 18.9 Å². The van der Waals surface area contributed by atoms with Crippen molar-refractivity contribution in [1.82, 2.24) is 20.9 Å². The molecule has 4 atom stereocenters. The van der Waals surface area contributed by atoms with Gasteiger partial charge in [-0.25, -0.2) is 4.99 Å². The first-order chi connectivity index (χ1) is 19.2. The van der Waals surface area contributed by atoms with E-state index in [1.165, 1.54) is 5.56 Å². The molecule has 9 nitrogen and oxygen atoms in total. The Balaban J connectivity index is 1.61. The highest BCUT2D eigenvalue weighted by atomic mass is 16.2. The standard InChI is InChI=1S/C31H45N5O4/c1-19(2)28(37)33-23-17-26(30(39)34-25-16-10-14-21-11-8-9-15-24(21)25)36(18-23)31(40)27(22-12-6-5-7-13-22)35-29(38)20(3)32-4/h8-9,11,15,19-20,22-23,25-26,32H,5-7,10,12-14,16-18H2,1-4H3,(H,33,37)(H,34,39)/t20-,23-,25+,26-/m0/s1. The highest BCUT2D eigenvalue weighted by Gasteiger charge is 2.43. The predicted octanol–water partition coefficient (Wildman–Crippen LogP) is 3.08. The molecule has 0 spiro atoms. The van der Waals surface area contributed by atoms with Crippen molar-refractivity contribution in [2.24, 2.45) is 16.8 Å². The lowest BCUT2D eigenvalue weighted by molar-refractivity contribution is -0.134. The van der Waals surface area contributed by atoms with Gasteiger partial charge in [-0.15, -0.1) is 0 Å². The first-order valence-corrected chi connectivity index (χ1v) is 15.0. The number of hydrogen-bond acceptors (Lipinski definition) is 5. The number of likely N-dealkylation sites (N-methyl/N-ethyl adjacent to an activating group) is 1. The van der Waals surface area contributed by atoms with E-state index in [2.05, 4.69) is 33.1 Å². The average Bonchev–Trinajstić information content (AvgIpc) is 3.39. The molecule has 0 unspecified atom stereocenters. The summed E-state index contributed by atoms with van der Waals surface area (Å²) in [4.78, 5) is 59.4. The molecule has 3 aliphatic rings. The van der Waals surface area contributed by atoms with Crippen LogP contribution in [0.4, 0.5) is 0 Å². The summed E-state index contributed by atoms with van der Waals surface area (Å²) in [7, 11) is 1.69. The Hall–Kier alpha value is -3.07. The fraction of sp³-hybridized carbons (Fsp3) is 0.645. The third kappa shape index (κ3) is 6.97. The van der Waals surface area contributed by atoms with Crippen LogP contribution in [0, 0.1) is 11.8 Å². The van der Waals surface area contributed by atoms with Crippen molar-refractivity contribution in [2.75, 3.05) is 13.6 Å². The van der Waals surface area contributed by atoms with Crippen molar-refractivity contribution in [3.8, 4) is 0 Å². The first-order valence-electron chi connectivity index (χ1n) is 15.0. The van der Waals surface area contributed by atoms with Gasteiger partial charge in [0, 0.05) is 24.4 Å². The van der Waals surface area contributed by atoms with Crippen LogP contribution in [0.5, 0.6) is 0 Å². The van der Waals surface area contributed by atoms with E-state index >= 15 is 0 Å². The smallest absolute Gasteiger partial charge is 0.269 e. The Morgan fingerprint density at radius 3 is 2.38 bits per heavy atom. The van der Waals surface area contributed by atoms with Gasteiger partial charge in [0.2, 0.25) is 11.8 Å². The Morgan fingerprint density at radius 1 is 0.950 bits per heavy atom. The van der Waals surface area contributed by atoms with Crippen LogP contribution in [0.3, 0.4) is 0 Å². The number of aliphatic imine (C=N–C) groups is 1. The summed E-state index contributed by atoms with van der Waals surface area (Å²) in [6.07, 6.45) is 7.76. The normalized spacial score (nSPS) is 24.4. The van der Waals surface area contributed by atoms with Gasteiger partial charge >= 0.3 is 0 Å². The minimum atomic E-state index is -0.760. The molecule has 1 saturated carbocycles. The van der Waals surface area contributed by atoms with Crippen molar-refractivity contribution in [3.63, 3.8) is 0 Å². The van der Waals surface area contributed by atoms with Crippen LogP contribution in [-0.2, 0) is 25.6 Å². The molecule has 1 saturated heterocycles. The van der Waals surface area contributed by atoms with Gasteiger partial charge in [0.15, 0.2) is 0 Å². The lowest BCUT2D eigenvalue weighted by atomic mass is 9.85. The van der Waals surface area contributed by atoms with E-state index in [-0.39, 0.29) is 59.8 Å². The summed E-state index contributed by atoms with van der Waals surface area (Å²) in [5, 5.41) is 9.16. The van der Waals surface area contributed by atoms with E-state index in [4.69, 9.17) is 0 Å². The van der Waals surface area contributed by atoms with E-state index in [0.29, 0.717) is 6.42 Å². The maximum absolute atomic E-state index is 14.2. The van der Waals surface area contributed by atoms with Crippen LogP contribution in [0.15, 0.2) is 29.3 Å². The number of amides is 4. The van der Waals surface area contributed by atoms with Gasteiger partial charge < -0.3 is 20.9 Å². The molecular formula is C31H45N5O4. The molecule has 1 aromatic rings. The zero-order chi connectivity index (χ0) is 28.8. The Labute approximate surface area is 237 Å². The summed E-state index contributed by atoms with van der Waals surface area (Å²) in [5.41, 5.74) is 2.62. The van der Waals surface area contributed by atoms with Gasteiger partial charge in [-0.05, 0) is 63.6 Å². The number of benzene rings is 1. The molecule has 2 aliphatic carbocycles. The van der Waals surface area contributed by atoms with Crippen LogP contribution in [0.25, 0.3) is 0 Å². The molecule has 1 aromatic carbocycles. The third-order valence-electron chi connectivity index (χ3n) is 8.67. The topological polar surface area (TPSA) is 120 Å². The Kier molecular flexibility index (Phi) is 10.1. The minimum Gasteiger partial charge on any atom is -0.351 e. The van der Waals surface area contributed by atoms with Gasteiger partial charge in [0.05, 0.1) is 12.1 Å². The highest BCUT2D eigenvalue weighted by molar-refractivity contribution is 6.41. The van der Waals surface area contributed by atoms with Crippen LogP contribution >= 0.6 is 0 Å². The average molecular weight is 552 g/mol. The van der Waals surface area contributed by atoms with E-state index in [9.17, 15) is 19.2 Å². The zero-order valence-corrected chi connectivity index (χ0v) is 24.4. The molecule has 2 fully saturated rings. The van der Waals surface area contributed by atoms with Crippen molar-refractivity contribution >= 4 is 29.3 Å². The van der Waals surface area contributed by atoms with Gasteiger partial charge in [-0.2, -0.15) is 0 Å². The molecular weight excluding hydrogens is 506 g/mol. The molecule has 3 N–H and O–H groups in total. The lowest BCUT2D eigenvalue weighted by Gasteiger charge is -2.31. The maximum atomic E-state index is 14.2. The Morgan fingerprint density at radius 2 is 1.68 bits per heavy atom. The molecule has 0 aromatic heterocycles. The zero-order valence-electron chi connectivity index (χ0n) is 24.4. The van der Waals surface area contributed by atoms with E-state index < -0.39 is 12.1 Å². The lowest BCUT2D eigenvalue weighted by Crippen LogP contribution is -2.50. The number of aryl methyl sites for hydroxylation is 1. The number of fused-ring (bicyclic) bond motifs is 1. The Bertz CT molecular complexity index is 1130. The second-order valence-corrected chi connectivity index (χ2v) is 11.9. The number of carbonyl (C=O) groups excluding carboxylic acids is 4. The molecule has 0 bridgehead atoms. The van der Waals surface area contributed by atoms with E-state index in [0.717, 1.165) is 56.9 Å². The van der Waals surface area contributed by atoms with Crippen molar-refractivity contribution in [1.29, 1.82) is 0 Å². The fourth-order valence-corrected chi connectivity index (χ4v) is 6.13. The second kappa shape index (κ2) is 13.5. The SMILES string of the molecule is CN[C@@H](C)C(=O)N=C(C(=O)N1C[C@@H](NC(=O)C(C)C)C[C@H]1C(=O)N[C@@H]1CCCc2ccccc21)C1CCCCC1.